The predicted molar refractivity (Wildman–Crippen MR) is 122 cm³/mol. The maximum Gasteiger partial charge on any atom is 0.143 e. The molecule has 0 atom stereocenters. The maximum atomic E-state index is 13.5. The van der Waals surface area contributed by atoms with Gasteiger partial charge in [0.15, 0.2) is 0 Å². The molecule has 2 aromatic carbocycles. The third-order valence-electron chi connectivity index (χ3n) is 4.55. The number of hydrogen-bond acceptors (Lipinski definition) is 8. The fraction of sp³-hybridized carbons (Fsp3) is 0.0435. The fourth-order valence-corrected chi connectivity index (χ4v) is 4.90. The number of anilines is 1. The Morgan fingerprint density at radius 2 is 1.78 bits per heavy atom. The quantitative estimate of drug-likeness (QED) is 0.387. The highest BCUT2D eigenvalue weighted by atomic mass is 32.2. The van der Waals surface area contributed by atoms with E-state index in [2.05, 4.69) is 16.0 Å². The molecule has 0 saturated carbocycles. The summed E-state index contributed by atoms with van der Waals surface area (Å²) in [5.41, 5.74) is 8.77. The van der Waals surface area contributed by atoms with Crippen LogP contribution in [-0.4, -0.2) is 15.1 Å². The molecule has 4 aromatic rings. The van der Waals surface area contributed by atoms with Crippen molar-refractivity contribution < 1.29 is 9.50 Å². The summed E-state index contributed by atoms with van der Waals surface area (Å²) in [6, 6.07) is 16.6. The minimum atomic E-state index is -0.327. The number of nitrogen functional groups attached to an aromatic ring is 1. The zero-order chi connectivity index (χ0) is 22.7. The van der Waals surface area contributed by atoms with E-state index in [4.69, 9.17) is 5.73 Å². The highest BCUT2D eigenvalue weighted by molar-refractivity contribution is 7.98. The Labute approximate surface area is 191 Å². The Kier molecular flexibility index (Phi) is 6.04. The molecule has 0 fully saturated rings. The first-order valence-corrected chi connectivity index (χ1v) is 11.1. The standard InChI is InChI=1S/C23H14FN5OS2/c24-15-3-1-2-14(8-15)22-28-16(11-31-22)12-32-23-19(10-26)20(18(9-25)21(27)29-23)13-4-6-17(30)7-5-13/h1-8,11,30H,12H2,(H2,27,29). The molecule has 0 aliphatic heterocycles. The van der Waals surface area contributed by atoms with Crippen LogP contribution in [0, 0.1) is 28.5 Å². The van der Waals surface area contributed by atoms with Crippen molar-refractivity contribution in [3.8, 4) is 39.6 Å². The molecule has 0 amide bonds. The SMILES string of the molecule is N#Cc1c(N)nc(SCc2csc(-c3cccc(F)c3)n2)c(C#N)c1-c1ccc(O)cc1. The lowest BCUT2D eigenvalue weighted by Crippen LogP contribution is -2.03. The zero-order valence-electron chi connectivity index (χ0n) is 16.4. The van der Waals surface area contributed by atoms with Crippen molar-refractivity contribution in [2.45, 2.75) is 10.8 Å². The molecule has 32 heavy (non-hydrogen) atoms. The minimum absolute atomic E-state index is 0.0239. The molecule has 0 aliphatic rings. The number of phenolic OH excluding ortho intramolecular Hbond substituents is 1. The number of nitrogens with two attached hydrogens (primary N) is 1. The molecule has 0 bridgehead atoms. The van der Waals surface area contributed by atoms with Crippen molar-refractivity contribution in [1.29, 1.82) is 10.5 Å². The summed E-state index contributed by atoms with van der Waals surface area (Å²) in [5, 5.41) is 32.0. The lowest BCUT2D eigenvalue weighted by molar-refractivity contribution is 0.475. The van der Waals surface area contributed by atoms with Gasteiger partial charge in [-0.2, -0.15) is 10.5 Å². The molecular formula is C23H14FN5OS2. The zero-order valence-corrected chi connectivity index (χ0v) is 18.0. The van der Waals surface area contributed by atoms with Crippen LogP contribution in [0.25, 0.3) is 21.7 Å². The summed E-state index contributed by atoms with van der Waals surface area (Å²) in [7, 11) is 0. The third-order valence-corrected chi connectivity index (χ3v) is 6.50. The van der Waals surface area contributed by atoms with E-state index in [1.54, 1.807) is 24.3 Å². The predicted octanol–water partition coefficient (Wildman–Crippen LogP) is 5.33. The Balaban J connectivity index is 1.67. The maximum absolute atomic E-state index is 13.5. The Morgan fingerprint density at radius 3 is 2.47 bits per heavy atom. The van der Waals surface area contributed by atoms with Crippen molar-refractivity contribution >= 4 is 28.9 Å². The molecule has 0 radical (unpaired) electrons. The summed E-state index contributed by atoms with van der Waals surface area (Å²) in [5.74, 6) is 0.176. The van der Waals surface area contributed by atoms with Gasteiger partial charge >= 0.3 is 0 Å². The van der Waals surface area contributed by atoms with E-state index in [1.807, 2.05) is 11.4 Å². The smallest absolute Gasteiger partial charge is 0.143 e. The van der Waals surface area contributed by atoms with Gasteiger partial charge in [-0.25, -0.2) is 14.4 Å². The van der Waals surface area contributed by atoms with Crippen molar-refractivity contribution in [2.24, 2.45) is 0 Å². The van der Waals surface area contributed by atoms with Gasteiger partial charge in [0, 0.05) is 22.3 Å². The number of thioether (sulfide) groups is 1. The molecular weight excluding hydrogens is 445 g/mol. The number of pyridine rings is 1. The molecule has 6 nitrogen and oxygen atoms in total. The minimum Gasteiger partial charge on any atom is -0.508 e. The molecule has 4 rings (SSSR count). The molecule has 2 aromatic heterocycles. The van der Waals surface area contributed by atoms with Gasteiger partial charge < -0.3 is 10.8 Å². The van der Waals surface area contributed by atoms with Gasteiger partial charge in [0.05, 0.1) is 11.3 Å². The Hall–Kier alpha value is -3.92. The van der Waals surface area contributed by atoms with Crippen LogP contribution in [0.4, 0.5) is 10.2 Å². The lowest BCUT2D eigenvalue weighted by Gasteiger charge is -2.12. The summed E-state index contributed by atoms with van der Waals surface area (Å²) in [6.45, 7) is 0. The van der Waals surface area contributed by atoms with Crippen LogP contribution in [0.5, 0.6) is 5.75 Å². The van der Waals surface area contributed by atoms with Gasteiger partial charge in [0.1, 0.15) is 45.1 Å². The topological polar surface area (TPSA) is 120 Å². The fourth-order valence-electron chi connectivity index (χ4n) is 3.09. The average Bonchev–Trinajstić information content (AvgIpc) is 3.27. The van der Waals surface area contributed by atoms with Gasteiger partial charge in [0.25, 0.3) is 0 Å². The molecule has 3 N–H and O–H groups in total. The Bertz CT molecular complexity index is 1390. The molecule has 2 heterocycles. The van der Waals surface area contributed by atoms with Gasteiger partial charge in [-0.15, -0.1) is 11.3 Å². The third kappa shape index (κ3) is 4.26. The highest BCUT2D eigenvalue weighted by Crippen LogP contribution is 2.37. The summed E-state index contributed by atoms with van der Waals surface area (Å²) in [6.07, 6.45) is 0. The summed E-state index contributed by atoms with van der Waals surface area (Å²) >= 11 is 2.68. The van der Waals surface area contributed by atoms with Crippen molar-refractivity contribution in [2.75, 3.05) is 5.73 Å². The van der Waals surface area contributed by atoms with Crippen LogP contribution in [0.1, 0.15) is 16.8 Å². The normalized spacial score (nSPS) is 10.5. The number of phenols is 1. The van der Waals surface area contributed by atoms with Crippen molar-refractivity contribution in [1.82, 2.24) is 9.97 Å². The number of aromatic hydroxyl groups is 1. The molecule has 0 unspecified atom stereocenters. The van der Waals surface area contributed by atoms with Crippen LogP contribution in [-0.2, 0) is 5.75 Å². The number of rotatable bonds is 5. The first-order chi connectivity index (χ1) is 15.5. The summed E-state index contributed by atoms with van der Waals surface area (Å²) < 4.78 is 13.5. The lowest BCUT2D eigenvalue weighted by atomic mass is 9.97. The van der Waals surface area contributed by atoms with Crippen LogP contribution in [0.2, 0.25) is 0 Å². The second kappa shape index (κ2) is 9.06. The molecule has 0 aliphatic carbocycles. The number of thiazole rings is 1. The first-order valence-electron chi connectivity index (χ1n) is 9.26. The second-order valence-electron chi connectivity index (χ2n) is 6.64. The number of nitriles is 2. The monoisotopic (exact) mass is 459 g/mol. The average molecular weight is 460 g/mol. The van der Waals surface area contributed by atoms with E-state index in [0.717, 1.165) is 5.69 Å². The molecule has 156 valence electrons. The number of aromatic nitrogens is 2. The van der Waals surface area contributed by atoms with Gasteiger partial charge in [-0.3, -0.25) is 0 Å². The van der Waals surface area contributed by atoms with Gasteiger partial charge in [0.2, 0.25) is 0 Å². The van der Waals surface area contributed by atoms with Crippen LogP contribution < -0.4 is 5.73 Å². The first kappa shape index (κ1) is 21.3. The van der Waals surface area contributed by atoms with Crippen LogP contribution >= 0.6 is 23.1 Å². The van der Waals surface area contributed by atoms with Crippen molar-refractivity contribution in [3.63, 3.8) is 0 Å². The molecule has 9 heteroatoms. The second-order valence-corrected chi connectivity index (χ2v) is 8.46. The van der Waals surface area contributed by atoms with Crippen LogP contribution in [0.15, 0.2) is 58.9 Å². The van der Waals surface area contributed by atoms with E-state index in [-0.39, 0.29) is 28.5 Å². The number of benzene rings is 2. The Morgan fingerprint density at radius 1 is 1.03 bits per heavy atom. The van der Waals surface area contributed by atoms with E-state index in [9.17, 15) is 20.0 Å². The van der Waals surface area contributed by atoms with E-state index in [1.165, 1.54) is 47.4 Å². The highest BCUT2D eigenvalue weighted by Gasteiger charge is 2.21. The van der Waals surface area contributed by atoms with Gasteiger partial charge in [-0.1, -0.05) is 36.0 Å². The van der Waals surface area contributed by atoms with E-state index >= 15 is 0 Å². The van der Waals surface area contributed by atoms with Crippen molar-refractivity contribution in [3.05, 3.63) is 76.5 Å². The molecule has 0 spiro atoms. The molecule has 0 saturated heterocycles. The summed E-state index contributed by atoms with van der Waals surface area (Å²) in [4.78, 5) is 8.83. The largest absolute Gasteiger partial charge is 0.508 e. The number of hydrogen-bond donors (Lipinski definition) is 2. The number of halogens is 1. The van der Waals surface area contributed by atoms with Gasteiger partial charge in [-0.05, 0) is 29.8 Å². The van der Waals surface area contributed by atoms with E-state index in [0.29, 0.717) is 32.5 Å². The van der Waals surface area contributed by atoms with Crippen LogP contribution in [0.3, 0.4) is 0 Å². The van der Waals surface area contributed by atoms with E-state index < -0.39 is 0 Å². The number of nitrogens with zero attached hydrogens (tertiary/aromatic N) is 4.